The van der Waals surface area contributed by atoms with Crippen LogP contribution in [0.3, 0.4) is 0 Å². The lowest BCUT2D eigenvalue weighted by molar-refractivity contribution is -0.162. The van der Waals surface area contributed by atoms with Crippen molar-refractivity contribution in [3.63, 3.8) is 0 Å². The van der Waals surface area contributed by atoms with E-state index in [0.29, 0.717) is 0 Å². The monoisotopic (exact) mass is 513 g/mol. The number of carbonyl (C=O) groups excluding carboxylic acids is 5. The third-order valence-electron chi connectivity index (χ3n) is 5.67. The van der Waals surface area contributed by atoms with Crippen molar-refractivity contribution in [1.82, 2.24) is 10.6 Å². The van der Waals surface area contributed by atoms with Crippen LogP contribution in [-0.2, 0) is 46.4 Å². The second kappa shape index (κ2) is 14.2. The minimum atomic E-state index is -1.52. The largest absolute Gasteiger partial charge is 0.468 e. The van der Waals surface area contributed by atoms with Crippen molar-refractivity contribution >= 4 is 29.8 Å². The Morgan fingerprint density at radius 2 is 1.32 bits per heavy atom. The van der Waals surface area contributed by atoms with Gasteiger partial charge in [0.05, 0.1) is 14.2 Å². The van der Waals surface area contributed by atoms with Crippen molar-refractivity contribution in [3.05, 3.63) is 71.8 Å². The van der Waals surface area contributed by atoms with E-state index in [-0.39, 0.29) is 13.0 Å². The van der Waals surface area contributed by atoms with Crippen LogP contribution >= 0.6 is 0 Å². The molecule has 11 heteroatoms. The molecule has 0 aliphatic carbocycles. The molecule has 3 amide bonds. The molecule has 0 radical (unpaired) electrons. The van der Waals surface area contributed by atoms with Crippen LogP contribution in [0.2, 0.25) is 0 Å². The molecule has 3 atom stereocenters. The highest BCUT2D eigenvalue weighted by Gasteiger charge is 2.42. The van der Waals surface area contributed by atoms with Gasteiger partial charge in [-0.2, -0.15) is 0 Å². The van der Waals surface area contributed by atoms with E-state index in [9.17, 15) is 24.0 Å². The molecular weight excluding hydrogens is 482 g/mol. The molecule has 2 aromatic carbocycles. The third-order valence-corrected chi connectivity index (χ3v) is 5.67. The van der Waals surface area contributed by atoms with Crippen molar-refractivity contribution in [3.8, 4) is 0 Å². The number of hydrogen-bond acceptors (Lipinski definition) is 8. The molecule has 0 aromatic heterocycles. The Labute approximate surface area is 214 Å². The maximum absolute atomic E-state index is 13.3. The normalized spacial score (nSPS) is 13.0. The minimum absolute atomic E-state index is 0.0206. The summed E-state index contributed by atoms with van der Waals surface area (Å²) in [6.07, 6.45) is -0.796. The van der Waals surface area contributed by atoms with Gasteiger partial charge in [0, 0.05) is 12.3 Å². The van der Waals surface area contributed by atoms with Crippen LogP contribution in [0.25, 0.3) is 0 Å². The zero-order chi connectivity index (χ0) is 27.4. The van der Waals surface area contributed by atoms with Gasteiger partial charge < -0.3 is 30.6 Å². The summed E-state index contributed by atoms with van der Waals surface area (Å²) in [4.78, 5) is 62.5. The van der Waals surface area contributed by atoms with Crippen molar-refractivity contribution in [2.45, 2.75) is 32.0 Å². The molecule has 2 rings (SSSR count). The molecule has 2 aromatic rings. The Morgan fingerprint density at radius 3 is 1.81 bits per heavy atom. The molecule has 198 valence electrons. The molecule has 0 aliphatic heterocycles. The Hall–Kier alpha value is -4.41. The van der Waals surface area contributed by atoms with Crippen LogP contribution in [0.4, 0.5) is 4.79 Å². The average molecular weight is 514 g/mol. The number of esters is 2. The van der Waals surface area contributed by atoms with Crippen LogP contribution in [0, 0.1) is 11.8 Å². The molecular formula is C26H31N3O8. The first-order chi connectivity index (χ1) is 17.7. The predicted octanol–water partition coefficient (Wildman–Crippen LogP) is 1.09. The molecule has 0 heterocycles. The van der Waals surface area contributed by atoms with Crippen molar-refractivity contribution in [1.29, 1.82) is 0 Å². The van der Waals surface area contributed by atoms with Gasteiger partial charge in [0.25, 0.3) is 0 Å². The molecule has 4 N–H and O–H groups in total. The van der Waals surface area contributed by atoms with E-state index in [1.54, 1.807) is 54.6 Å². The van der Waals surface area contributed by atoms with Crippen LogP contribution in [-0.4, -0.2) is 56.1 Å². The van der Waals surface area contributed by atoms with Gasteiger partial charge in [-0.3, -0.25) is 19.2 Å². The first-order valence-corrected chi connectivity index (χ1v) is 11.4. The summed E-state index contributed by atoms with van der Waals surface area (Å²) < 4.78 is 14.5. The molecule has 0 aliphatic rings. The Morgan fingerprint density at radius 1 is 0.811 bits per heavy atom. The lowest BCUT2D eigenvalue weighted by atomic mass is 9.86. The number of rotatable bonds is 12. The smallest absolute Gasteiger partial charge is 0.408 e. The van der Waals surface area contributed by atoms with Crippen LogP contribution < -0.4 is 16.4 Å². The summed E-state index contributed by atoms with van der Waals surface area (Å²) in [6.45, 7) is 1.36. The predicted molar refractivity (Wildman–Crippen MR) is 132 cm³/mol. The van der Waals surface area contributed by atoms with E-state index in [4.69, 9.17) is 10.5 Å². The van der Waals surface area contributed by atoms with Crippen molar-refractivity contribution in [2.24, 2.45) is 17.6 Å². The number of alkyl carbamates (subject to hydrolysis) is 1. The maximum atomic E-state index is 13.3. The fraction of sp³-hybridized carbons (Fsp3) is 0.346. The maximum Gasteiger partial charge on any atom is 0.408 e. The summed E-state index contributed by atoms with van der Waals surface area (Å²) in [7, 11) is 2.15. The molecule has 37 heavy (non-hydrogen) atoms. The SMILES string of the molecule is COC(=O)C(C(=O)OC)[C@H](C)[C@H](NC(=O)[C@@H](Cc1ccccc1)NC(=O)OCc1ccccc1)C(N)=O. The fourth-order valence-corrected chi connectivity index (χ4v) is 3.65. The number of hydrogen-bond donors (Lipinski definition) is 3. The zero-order valence-corrected chi connectivity index (χ0v) is 20.8. The number of carbonyl (C=O) groups is 5. The van der Waals surface area contributed by atoms with Crippen LogP contribution in [0.1, 0.15) is 18.1 Å². The Balaban J connectivity index is 2.22. The zero-order valence-electron chi connectivity index (χ0n) is 20.8. The van der Waals surface area contributed by atoms with Gasteiger partial charge in [-0.05, 0) is 11.1 Å². The third kappa shape index (κ3) is 8.64. The van der Waals surface area contributed by atoms with E-state index in [2.05, 4.69) is 20.1 Å². The molecule has 0 saturated carbocycles. The van der Waals surface area contributed by atoms with Gasteiger partial charge in [-0.25, -0.2) is 4.79 Å². The number of ether oxygens (including phenoxy) is 3. The second-order valence-electron chi connectivity index (χ2n) is 8.22. The van der Waals surface area contributed by atoms with Gasteiger partial charge in [-0.1, -0.05) is 67.6 Å². The topological polar surface area (TPSA) is 163 Å². The fourth-order valence-electron chi connectivity index (χ4n) is 3.65. The standard InChI is InChI=1S/C26H31N3O8/c1-16(20(24(32)35-2)25(33)36-3)21(22(27)30)29-23(31)19(14-17-10-6-4-7-11-17)28-26(34)37-15-18-12-8-5-9-13-18/h4-13,16,19-21H,14-15H2,1-3H3,(H2,27,30)(H,28,34)(H,29,31)/t16-,19+,21-/m0/s1. The van der Waals surface area contributed by atoms with Crippen LogP contribution in [0.5, 0.6) is 0 Å². The van der Waals surface area contributed by atoms with E-state index in [1.165, 1.54) is 6.92 Å². The minimum Gasteiger partial charge on any atom is -0.468 e. The highest BCUT2D eigenvalue weighted by molar-refractivity contribution is 5.97. The van der Waals surface area contributed by atoms with Crippen molar-refractivity contribution < 1.29 is 38.2 Å². The average Bonchev–Trinajstić information content (AvgIpc) is 2.90. The first-order valence-electron chi connectivity index (χ1n) is 11.4. The molecule has 0 unspecified atom stereocenters. The van der Waals surface area contributed by atoms with Crippen LogP contribution in [0.15, 0.2) is 60.7 Å². The van der Waals surface area contributed by atoms with E-state index < -0.39 is 53.8 Å². The Kier molecular flexibility index (Phi) is 11.1. The quantitative estimate of drug-likeness (QED) is 0.216. The number of primary amides is 1. The molecule has 0 bridgehead atoms. The summed E-state index contributed by atoms with van der Waals surface area (Å²) in [5.41, 5.74) is 6.97. The van der Waals surface area contributed by atoms with Crippen molar-refractivity contribution in [2.75, 3.05) is 14.2 Å². The number of amides is 3. The molecule has 11 nitrogen and oxygen atoms in total. The summed E-state index contributed by atoms with van der Waals surface area (Å²) >= 11 is 0. The molecule has 0 saturated heterocycles. The number of nitrogens with one attached hydrogen (secondary N) is 2. The lowest BCUT2D eigenvalue weighted by Gasteiger charge is -2.28. The Bertz CT molecular complexity index is 1060. The number of nitrogens with two attached hydrogens (primary N) is 1. The van der Waals surface area contributed by atoms with Gasteiger partial charge in [0.1, 0.15) is 18.7 Å². The van der Waals surface area contributed by atoms with Gasteiger partial charge >= 0.3 is 18.0 Å². The lowest BCUT2D eigenvalue weighted by Crippen LogP contribution is -2.57. The molecule has 0 spiro atoms. The van der Waals surface area contributed by atoms with E-state index in [1.807, 2.05) is 6.07 Å². The highest BCUT2D eigenvalue weighted by atomic mass is 16.6. The van der Waals surface area contributed by atoms with E-state index >= 15 is 0 Å². The van der Waals surface area contributed by atoms with Gasteiger partial charge in [0.15, 0.2) is 5.92 Å². The van der Waals surface area contributed by atoms with E-state index in [0.717, 1.165) is 25.3 Å². The second-order valence-corrected chi connectivity index (χ2v) is 8.22. The summed E-state index contributed by atoms with van der Waals surface area (Å²) in [5, 5.41) is 4.96. The summed E-state index contributed by atoms with van der Waals surface area (Å²) in [5.74, 6) is -6.33. The number of methoxy groups -OCH3 is 2. The molecule has 0 fully saturated rings. The summed E-state index contributed by atoms with van der Waals surface area (Å²) in [6, 6.07) is 15.2. The first kappa shape index (κ1) is 28.8. The number of benzene rings is 2. The van der Waals surface area contributed by atoms with Gasteiger partial charge in [0.2, 0.25) is 11.8 Å². The van der Waals surface area contributed by atoms with Gasteiger partial charge in [-0.15, -0.1) is 0 Å². The highest BCUT2D eigenvalue weighted by Crippen LogP contribution is 2.20.